The molecule has 0 saturated heterocycles. The maximum atomic E-state index is 2.27. The van der Waals surface area contributed by atoms with Gasteiger partial charge in [-0.05, 0) is 0 Å². The molecule has 0 unspecified atom stereocenters. The van der Waals surface area contributed by atoms with E-state index >= 15 is 0 Å². The van der Waals surface area contributed by atoms with Gasteiger partial charge < -0.3 is 0 Å². The number of benzene rings is 1. The molecule has 1 aromatic rings. The molecule has 0 spiro atoms. The summed E-state index contributed by atoms with van der Waals surface area (Å²) in [4.78, 5) is 0. The fourth-order valence-corrected chi connectivity index (χ4v) is 3.85. The van der Waals surface area contributed by atoms with Crippen molar-refractivity contribution in [1.82, 2.24) is 0 Å². The van der Waals surface area contributed by atoms with E-state index in [9.17, 15) is 0 Å². The molecule has 1 aromatic carbocycles. The molecule has 0 bridgehead atoms. The molecule has 89 valence electrons. The molecule has 0 fully saturated rings. The third-order valence-electron chi connectivity index (χ3n) is 3.27. The first kappa shape index (κ1) is 13.8. The van der Waals surface area contributed by atoms with Gasteiger partial charge in [0.15, 0.2) is 0 Å². The predicted octanol–water partition coefficient (Wildman–Crippen LogP) is 3.97. The summed E-state index contributed by atoms with van der Waals surface area (Å²) in [5.74, 6) is 0. The predicted molar refractivity (Wildman–Crippen MR) is 76.8 cm³/mol. The van der Waals surface area contributed by atoms with E-state index < -0.39 is 0 Å². The van der Waals surface area contributed by atoms with E-state index in [1.165, 1.54) is 25.6 Å². The molecule has 3 rings (SSSR count). The summed E-state index contributed by atoms with van der Waals surface area (Å²) in [7, 11) is 0. The zero-order valence-electron chi connectivity index (χ0n) is 10.0. The molecule has 0 aromatic heterocycles. The molecule has 2 heteroatoms. The van der Waals surface area contributed by atoms with Crippen molar-refractivity contribution in [3.63, 3.8) is 0 Å². The first-order chi connectivity index (χ1) is 8.36. The van der Waals surface area contributed by atoms with Gasteiger partial charge in [-0.3, -0.25) is 0 Å². The van der Waals surface area contributed by atoms with Gasteiger partial charge >= 0.3 is 117 Å². The Hall–Kier alpha value is -0.660. The molecule has 0 saturated carbocycles. The zero-order valence-corrected chi connectivity index (χ0v) is 14.4. The fraction of sp³-hybridized carbons (Fsp3) is 0.125. The van der Waals surface area contributed by atoms with Crippen molar-refractivity contribution in [2.45, 2.75) is 12.8 Å². The second-order valence-electron chi connectivity index (χ2n) is 4.38. The van der Waals surface area contributed by atoms with Crippen LogP contribution in [0.25, 0.3) is 11.1 Å². The first-order valence-electron chi connectivity index (χ1n) is 5.93. The molecule has 2 aliphatic carbocycles. The number of halogens is 1. The summed E-state index contributed by atoms with van der Waals surface area (Å²) in [6, 6.07) is 6.74. The average molecular weight is 420 g/mol. The third-order valence-corrected chi connectivity index (χ3v) is 4.77. The zero-order chi connectivity index (χ0) is 11.7. The molecular weight excluding hydrogens is 406 g/mol. The second kappa shape index (κ2) is 5.99. The SMILES string of the molecule is Cl.[Hf][c]1cccc(C2=CC=CC2)c1C1=CC=CC1. The van der Waals surface area contributed by atoms with E-state index in [4.69, 9.17) is 0 Å². The van der Waals surface area contributed by atoms with Crippen LogP contribution in [0.3, 0.4) is 0 Å². The van der Waals surface area contributed by atoms with E-state index in [1.807, 2.05) is 0 Å². The van der Waals surface area contributed by atoms with Crippen LogP contribution >= 0.6 is 12.4 Å². The van der Waals surface area contributed by atoms with Crippen LogP contribution in [0, 0.1) is 0 Å². The molecule has 0 amide bonds. The molecule has 2 aliphatic rings. The van der Waals surface area contributed by atoms with E-state index in [0.717, 1.165) is 37.2 Å². The fourth-order valence-electron chi connectivity index (χ4n) is 2.45. The van der Waals surface area contributed by atoms with Crippen molar-refractivity contribution in [3.8, 4) is 0 Å². The van der Waals surface area contributed by atoms with E-state index in [-0.39, 0.29) is 12.4 Å². The van der Waals surface area contributed by atoms with Crippen LogP contribution in [-0.4, -0.2) is 0 Å². The summed E-state index contributed by atoms with van der Waals surface area (Å²) >= 11 is 1.11. The number of rotatable bonds is 2. The van der Waals surface area contributed by atoms with Gasteiger partial charge in [0.2, 0.25) is 0 Å². The topological polar surface area (TPSA) is 0 Å². The quantitative estimate of drug-likeness (QED) is 0.636. The minimum absolute atomic E-state index is 0. The second-order valence-corrected chi connectivity index (χ2v) is 6.31. The van der Waals surface area contributed by atoms with Crippen LogP contribution in [-0.2, 0) is 24.4 Å². The van der Waals surface area contributed by atoms with Gasteiger partial charge in [-0.2, -0.15) is 0 Å². The van der Waals surface area contributed by atoms with Gasteiger partial charge in [0.1, 0.15) is 0 Å². The Morgan fingerprint density at radius 3 is 2.17 bits per heavy atom. The third kappa shape index (κ3) is 2.53. The maximum absolute atomic E-state index is 2.27. The molecule has 0 aliphatic heterocycles. The van der Waals surface area contributed by atoms with Crippen molar-refractivity contribution in [1.29, 1.82) is 0 Å². The number of hydrogen-bond donors (Lipinski definition) is 0. The van der Waals surface area contributed by atoms with Crippen LogP contribution in [0.4, 0.5) is 0 Å². The van der Waals surface area contributed by atoms with Gasteiger partial charge in [0.05, 0.1) is 0 Å². The van der Waals surface area contributed by atoms with Crippen LogP contribution in [0.15, 0.2) is 54.7 Å². The van der Waals surface area contributed by atoms with Crippen LogP contribution < -0.4 is 3.32 Å². The average Bonchev–Trinajstić information content (AvgIpc) is 3.02. The number of allylic oxidation sites excluding steroid dienone is 8. The standard InChI is InChI=1S/C16H13.ClH.Hf/c1-2-8-13(7-1)15-11-5-6-12-16(15)14-9-3-4-10-14;;/h1-7,9,11H,8,10H2;1H;. The molecule has 0 nitrogen and oxygen atoms in total. The molecule has 0 radical (unpaired) electrons. The van der Waals surface area contributed by atoms with Gasteiger partial charge in [-0.15, -0.1) is 12.4 Å². The van der Waals surface area contributed by atoms with Gasteiger partial charge in [0.25, 0.3) is 0 Å². The Morgan fingerprint density at radius 2 is 1.56 bits per heavy atom. The summed E-state index contributed by atoms with van der Waals surface area (Å²) in [6.07, 6.45) is 15.5. The summed E-state index contributed by atoms with van der Waals surface area (Å²) < 4.78 is 1.52. The van der Waals surface area contributed by atoms with Crippen molar-refractivity contribution >= 4 is 26.9 Å². The van der Waals surface area contributed by atoms with Crippen molar-refractivity contribution in [3.05, 3.63) is 65.8 Å². The molecular formula is C16H14ClHf. The summed E-state index contributed by atoms with van der Waals surface area (Å²) in [5.41, 5.74) is 5.89. The Kier molecular flexibility index (Phi) is 4.58. The molecule has 0 N–H and O–H groups in total. The monoisotopic (exact) mass is 421 g/mol. The Balaban J connectivity index is 0.00000120. The molecule has 0 atom stereocenters. The van der Waals surface area contributed by atoms with Crippen LogP contribution in [0.2, 0.25) is 0 Å². The minimum atomic E-state index is 0. The number of hydrogen-bond acceptors (Lipinski definition) is 0. The van der Waals surface area contributed by atoms with Crippen molar-refractivity contribution in [2.75, 3.05) is 0 Å². The van der Waals surface area contributed by atoms with Crippen molar-refractivity contribution in [2.24, 2.45) is 0 Å². The van der Waals surface area contributed by atoms with Crippen LogP contribution in [0.5, 0.6) is 0 Å². The van der Waals surface area contributed by atoms with Gasteiger partial charge in [0, 0.05) is 0 Å². The van der Waals surface area contributed by atoms with E-state index in [1.54, 1.807) is 0 Å². The van der Waals surface area contributed by atoms with E-state index in [0.29, 0.717) is 0 Å². The van der Waals surface area contributed by atoms with Crippen LogP contribution in [0.1, 0.15) is 24.0 Å². The normalized spacial score (nSPS) is 16.4. The summed E-state index contributed by atoms with van der Waals surface area (Å²) in [6.45, 7) is 0. The first-order valence-corrected chi connectivity index (χ1v) is 7.72. The van der Waals surface area contributed by atoms with E-state index in [2.05, 4.69) is 54.7 Å². The Morgan fingerprint density at radius 1 is 0.889 bits per heavy atom. The van der Waals surface area contributed by atoms with Gasteiger partial charge in [-0.1, -0.05) is 0 Å². The Labute approximate surface area is 129 Å². The van der Waals surface area contributed by atoms with Crippen molar-refractivity contribution < 1.29 is 24.4 Å². The molecule has 18 heavy (non-hydrogen) atoms. The summed E-state index contributed by atoms with van der Waals surface area (Å²) in [5, 5.41) is 0. The van der Waals surface area contributed by atoms with Gasteiger partial charge in [-0.25, -0.2) is 0 Å². The Bertz CT molecular complexity index is 577. The molecule has 0 heterocycles.